The number of thiophene rings is 1. The molecular weight excluding hydrogens is 296 g/mol. The van der Waals surface area contributed by atoms with Crippen molar-refractivity contribution in [3.8, 4) is 0 Å². The van der Waals surface area contributed by atoms with E-state index in [1.165, 1.54) is 6.92 Å². The number of nitrogens with two attached hydrogens (primary N) is 1. The van der Waals surface area contributed by atoms with Crippen LogP contribution in [0.1, 0.15) is 49.2 Å². The van der Waals surface area contributed by atoms with Crippen LogP contribution in [0.25, 0.3) is 0 Å². The van der Waals surface area contributed by atoms with E-state index in [1.54, 1.807) is 6.92 Å². The molecule has 0 aromatic carbocycles. The molecule has 0 saturated heterocycles. The number of ketones is 1. The van der Waals surface area contributed by atoms with E-state index in [0.29, 0.717) is 9.88 Å². The number of rotatable bonds is 5. The maximum atomic E-state index is 12.2. The number of carbonyl (C=O) groups excluding carboxylic acids is 1. The third-order valence-corrected chi connectivity index (χ3v) is 6.77. The number of sulfone groups is 1. The van der Waals surface area contributed by atoms with Crippen LogP contribution in [-0.2, 0) is 9.84 Å². The van der Waals surface area contributed by atoms with Crippen molar-refractivity contribution in [1.82, 2.24) is 0 Å². The van der Waals surface area contributed by atoms with Gasteiger partial charge in [0.05, 0.1) is 16.3 Å². The highest BCUT2D eigenvalue weighted by atomic mass is 32.2. The minimum atomic E-state index is -3.44. The molecule has 0 amide bonds. The van der Waals surface area contributed by atoms with E-state index >= 15 is 0 Å². The zero-order valence-electron chi connectivity index (χ0n) is 11.7. The molecule has 0 spiro atoms. The van der Waals surface area contributed by atoms with Gasteiger partial charge in [0.1, 0.15) is 9.90 Å². The Labute approximate surface area is 123 Å². The van der Waals surface area contributed by atoms with Crippen LogP contribution in [-0.4, -0.2) is 26.0 Å². The van der Waals surface area contributed by atoms with E-state index in [-0.39, 0.29) is 28.2 Å². The third kappa shape index (κ3) is 2.83. The molecule has 1 aliphatic carbocycles. The Morgan fingerprint density at radius 3 is 2.50 bits per heavy atom. The fourth-order valence-electron chi connectivity index (χ4n) is 2.49. The molecule has 0 unspecified atom stereocenters. The first kappa shape index (κ1) is 15.3. The van der Waals surface area contributed by atoms with Crippen LogP contribution in [0, 0.1) is 0 Å². The largest absolute Gasteiger partial charge is 0.396 e. The molecule has 1 aromatic heterocycles. The Hall–Kier alpha value is -1.08. The summed E-state index contributed by atoms with van der Waals surface area (Å²) < 4.78 is 24.5. The lowest BCUT2D eigenvalue weighted by Crippen LogP contribution is -2.16. The molecule has 2 rings (SSSR count). The summed E-state index contributed by atoms with van der Waals surface area (Å²) in [6, 6.07) is 0.277. The first-order chi connectivity index (χ1) is 9.36. The quantitative estimate of drug-likeness (QED) is 0.815. The van der Waals surface area contributed by atoms with Crippen LogP contribution < -0.4 is 11.1 Å². The molecule has 7 heteroatoms. The van der Waals surface area contributed by atoms with E-state index in [9.17, 15) is 13.2 Å². The van der Waals surface area contributed by atoms with Crippen molar-refractivity contribution in [3.05, 3.63) is 4.88 Å². The Morgan fingerprint density at radius 2 is 2.00 bits per heavy atom. The predicted octanol–water partition coefficient (Wildman–Crippen LogP) is 2.68. The molecule has 1 aromatic rings. The van der Waals surface area contributed by atoms with E-state index in [0.717, 1.165) is 37.0 Å². The molecule has 20 heavy (non-hydrogen) atoms. The first-order valence-electron chi connectivity index (χ1n) is 6.79. The Kier molecular flexibility index (Phi) is 4.39. The van der Waals surface area contributed by atoms with Crippen LogP contribution >= 0.6 is 11.3 Å². The number of carbonyl (C=O) groups is 1. The van der Waals surface area contributed by atoms with Crippen LogP contribution in [0.15, 0.2) is 4.90 Å². The second-order valence-electron chi connectivity index (χ2n) is 5.09. The molecule has 1 saturated carbocycles. The van der Waals surface area contributed by atoms with Crippen molar-refractivity contribution >= 4 is 37.6 Å². The lowest BCUT2D eigenvalue weighted by molar-refractivity contribution is 0.102. The molecule has 1 fully saturated rings. The van der Waals surface area contributed by atoms with Gasteiger partial charge in [0, 0.05) is 13.0 Å². The zero-order valence-corrected chi connectivity index (χ0v) is 13.4. The van der Waals surface area contributed by atoms with Crippen molar-refractivity contribution in [2.75, 3.05) is 16.8 Å². The van der Waals surface area contributed by atoms with Gasteiger partial charge in [-0.25, -0.2) is 8.42 Å². The highest BCUT2D eigenvalue weighted by Gasteiger charge is 2.29. The zero-order chi connectivity index (χ0) is 14.9. The SMILES string of the molecule is CCS(=O)(=O)c1c(NC2CCCC2)sc(C(C)=O)c1N. The number of hydrogen-bond acceptors (Lipinski definition) is 6. The molecule has 3 N–H and O–H groups in total. The number of hydrogen-bond donors (Lipinski definition) is 2. The molecule has 0 atom stereocenters. The van der Waals surface area contributed by atoms with Crippen LogP contribution in [0.3, 0.4) is 0 Å². The van der Waals surface area contributed by atoms with Gasteiger partial charge in [0.15, 0.2) is 15.6 Å². The van der Waals surface area contributed by atoms with Gasteiger partial charge in [-0.15, -0.1) is 11.3 Å². The Balaban J connectivity index is 2.48. The minimum Gasteiger partial charge on any atom is -0.396 e. The lowest BCUT2D eigenvalue weighted by Gasteiger charge is -2.13. The highest BCUT2D eigenvalue weighted by molar-refractivity contribution is 7.91. The molecule has 5 nitrogen and oxygen atoms in total. The molecular formula is C13H20N2O3S2. The molecule has 112 valence electrons. The Bertz CT molecular complexity index is 614. The van der Waals surface area contributed by atoms with Gasteiger partial charge in [-0.3, -0.25) is 4.79 Å². The van der Waals surface area contributed by atoms with Gasteiger partial charge < -0.3 is 11.1 Å². The topological polar surface area (TPSA) is 89.3 Å². The van der Waals surface area contributed by atoms with E-state index < -0.39 is 9.84 Å². The van der Waals surface area contributed by atoms with E-state index in [2.05, 4.69) is 5.32 Å². The average Bonchev–Trinajstić information content (AvgIpc) is 2.98. The normalized spacial score (nSPS) is 16.5. The van der Waals surface area contributed by atoms with Crippen molar-refractivity contribution in [1.29, 1.82) is 0 Å². The second-order valence-corrected chi connectivity index (χ2v) is 8.32. The van der Waals surface area contributed by atoms with Crippen LogP contribution in [0.2, 0.25) is 0 Å². The van der Waals surface area contributed by atoms with Crippen LogP contribution in [0.4, 0.5) is 10.7 Å². The van der Waals surface area contributed by atoms with Crippen molar-refractivity contribution in [3.63, 3.8) is 0 Å². The molecule has 1 aliphatic rings. The smallest absolute Gasteiger partial charge is 0.183 e. The summed E-state index contributed by atoms with van der Waals surface area (Å²) in [5.74, 6) is -0.218. The van der Waals surface area contributed by atoms with Crippen molar-refractivity contribution in [2.45, 2.75) is 50.5 Å². The van der Waals surface area contributed by atoms with Crippen molar-refractivity contribution in [2.24, 2.45) is 0 Å². The van der Waals surface area contributed by atoms with Gasteiger partial charge in [-0.05, 0) is 12.8 Å². The Morgan fingerprint density at radius 1 is 1.40 bits per heavy atom. The summed E-state index contributed by atoms with van der Waals surface area (Å²) in [6.45, 7) is 2.99. The van der Waals surface area contributed by atoms with Crippen LogP contribution in [0.5, 0.6) is 0 Å². The summed E-state index contributed by atoms with van der Waals surface area (Å²) >= 11 is 1.16. The molecule has 1 heterocycles. The third-order valence-electron chi connectivity index (χ3n) is 3.60. The van der Waals surface area contributed by atoms with Gasteiger partial charge >= 0.3 is 0 Å². The summed E-state index contributed by atoms with van der Waals surface area (Å²) in [6.07, 6.45) is 4.35. The summed E-state index contributed by atoms with van der Waals surface area (Å²) in [5.41, 5.74) is 6.01. The molecule has 0 aliphatic heterocycles. The first-order valence-corrected chi connectivity index (χ1v) is 9.26. The number of anilines is 2. The van der Waals surface area contributed by atoms with Crippen molar-refractivity contribution < 1.29 is 13.2 Å². The number of nitrogens with one attached hydrogen (secondary N) is 1. The fraction of sp³-hybridized carbons (Fsp3) is 0.615. The maximum absolute atomic E-state index is 12.2. The second kappa shape index (κ2) is 5.73. The van der Waals surface area contributed by atoms with Gasteiger partial charge in [-0.1, -0.05) is 19.8 Å². The van der Waals surface area contributed by atoms with Gasteiger partial charge in [-0.2, -0.15) is 0 Å². The lowest BCUT2D eigenvalue weighted by atomic mass is 10.2. The monoisotopic (exact) mass is 316 g/mol. The van der Waals surface area contributed by atoms with Gasteiger partial charge in [0.25, 0.3) is 0 Å². The number of nitrogen functional groups attached to an aromatic ring is 1. The minimum absolute atomic E-state index is 0.0232. The summed E-state index contributed by atoms with van der Waals surface area (Å²) in [4.78, 5) is 12.0. The fourth-order valence-corrected chi connectivity index (χ4v) is 5.12. The van der Waals surface area contributed by atoms with E-state index in [1.807, 2.05) is 0 Å². The van der Waals surface area contributed by atoms with Gasteiger partial charge in [0.2, 0.25) is 0 Å². The summed E-state index contributed by atoms with van der Waals surface area (Å²) in [7, 11) is -3.44. The average molecular weight is 316 g/mol. The maximum Gasteiger partial charge on any atom is 0.183 e. The van der Waals surface area contributed by atoms with E-state index in [4.69, 9.17) is 5.73 Å². The molecule has 0 radical (unpaired) electrons. The highest BCUT2D eigenvalue weighted by Crippen LogP contribution is 2.41. The predicted molar refractivity (Wildman–Crippen MR) is 82.3 cm³/mol. The summed E-state index contributed by atoms with van der Waals surface area (Å²) in [5, 5.41) is 3.80. The number of Topliss-reactive ketones (excluding diaryl/α,β-unsaturated/α-hetero) is 1. The molecule has 0 bridgehead atoms. The standard InChI is InChI=1S/C13H20N2O3S2/c1-3-20(17,18)12-10(14)11(8(2)16)19-13(12)15-9-6-4-5-7-9/h9,15H,3-7,14H2,1-2H3.